The first-order chi connectivity index (χ1) is 11.7. The fourth-order valence-corrected chi connectivity index (χ4v) is 4.34. The number of carbonyl (C=O) groups is 1. The van der Waals surface area contributed by atoms with Gasteiger partial charge in [-0.05, 0) is 37.6 Å². The lowest BCUT2D eigenvalue weighted by molar-refractivity contribution is 0.0166. The molecule has 1 unspecified atom stereocenters. The minimum atomic E-state index is -0.0491. The van der Waals surface area contributed by atoms with Crippen LogP contribution in [0.5, 0.6) is 0 Å². The zero-order valence-corrected chi connectivity index (χ0v) is 15.4. The monoisotopic (exact) mass is 366 g/mol. The Hall–Kier alpha value is -1.28. The number of aromatic nitrogens is 1. The molecular weight excluding hydrogens is 344 g/mol. The molecule has 1 N–H and O–H groups in total. The maximum atomic E-state index is 12.3. The molecule has 0 aliphatic carbocycles. The lowest BCUT2D eigenvalue weighted by Crippen LogP contribution is -2.25. The number of thiophene rings is 1. The highest BCUT2D eigenvalue weighted by molar-refractivity contribution is 7.22. The van der Waals surface area contributed by atoms with Gasteiger partial charge in [0.05, 0.1) is 23.3 Å². The maximum absolute atomic E-state index is 12.3. The number of carbonyl (C=O) groups excluding carboxylic acids is 1. The van der Waals surface area contributed by atoms with E-state index in [1.54, 1.807) is 11.3 Å². The van der Waals surface area contributed by atoms with Gasteiger partial charge in [0, 0.05) is 19.8 Å². The van der Waals surface area contributed by atoms with Crippen molar-refractivity contribution in [2.75, 3.05) is 26.4 Å². The van der Waals surface area contributed by atoms with E-state index in [2.05, 4.69) is 10.3 Å². The second-order valence-corrected chi connectivity index (χ2v) is 7.68. The first-order valence-electron chi connectivity index (χ1n) is 8.23. The predicted octanol–water partition coefficient (Wildman–Crippen LogP) is 3.50. The Morgan fingerprint density at radius 3 is 3.21 bits per heavy atom. The van der Waals surface area contributed by atoms with Crippen molar-refractivity contribution in [3.63, 3.8) is 0 Å². The molecular formula is C17H22N2O3S2. The van der Waals surface area contributed by atoms with E-state index in [4.69, 9.17) is 9.47 Å². The van der Waals surface area contributed by atoms with Gasteiger partial charge in [0.2, 0.25) is 0 Å². The second-order valence-electron chi connectivity index (χ2n) is 5.73. The van der Waals surface area contributed by atoms with Gasteiger partial charge >= 0.3 is 0 Å². The molecule has 0 saturated carbocycles. The highest BCUT2D eigenvalue weighted by Crippen LogP contribution is 2.30. The van der Waals surface area contributed by atoms with E-state index >= 15 is 0 Å². The Morgan fingerprint density at radius 2 is 2.46 bits per heavy atom. The molecule has 3 rings (SSSR count). The van der Waals surface area contributed by atoms with Gasteiger partial charge in [-0.3, -0.25) is 4.79 Å². The molecule has 3 heterocycles. The predicted molar refractivity (Wildman–Crippen MR) is 96.9 cm³/mol. The number of nitrogens with zero attached hydrogens (tertiary/aromatic N) is 1. The van der Waals surface area contributed by atoms with Crippen LogP contribution in [-0.4, -0.2) is 43.4 Å². The molecule has 1 aliphatic rings. The van der Waals surface area contributed by atoms with Crippen molar-refractivity contribution >= 4 is 28.6 Å². The van der Waals surface area contributed by atoms with Crippen LogP contribution in [0.4, 0.5) is 0 Å². The summed E-state index contributed by atoms with van der Waals surface area (Å²) < 4.78 is 11.1. The molecule has 24 heavy (non-hydrogen) atoms. The molecule has 7 heteroatoms. The van der Waals surface area contributed by atoms with Crippen molar-refractivity contribution < 1.29 is 14.3 Å². The van der Waals surface area contributed by atoms with Crippen molar-refractivity contribution in [3.05, 3.63) is 28.1 Å². The Labute approximate surface area is 150 Å². The van der Waals surface area contributed by atoms with E-state index in [1.807, 2.05) is 24.4 Å². The molecule has 0 bridgehead atoms. The fraction of sp³-hybridized carbons (Fsp3) is 0.529. The van der Waals surface area contributed by atoms with Gasteiger partial charge in [-0.15, -0.1) is 22.7 Å². The molecule has 1 fully saturated rings. The Morgan fingerprint density at radius 1 is 1.54 bits per heavy atom. The molecule has 130 valence electrons. The van der Waals surface area contributed by atoms with Crippen molar-refractivity contribution in [3.8, 4) is 9.88 Å². The number of aryl methyl sites for hydroxylation is 1. The molecule has 1 atom stereocenters. The minimum Gasteiger partial charge on any atom is -0.379 e. The maximum Gasteiger partial charge on any atom is 0.263 e. The molecule has 1 amide bonds. The summed E-state index contributed by atoms with van der Waals surface area (Å²) in [6.45, 7) is 4.64. The second kappa shape index (κ2) is 8.71. The molecule has 2 aromatic heterocycles. The first-order valence-corrected chi connectivity index (χ1v) is 9.92. The first kappa shape index (κ1) is 17.5. The summed E-state index contributed by atoms with van der Waals surface area (Å²) in [5.74, 6) is -0.0491. The fourth-order valence-electron chi connectivity index (χ4n) is 2.56. The number of rotatable bonds is 8. The number of amides is 1. The van der Waals surface area contributed by atoms with E-state index in [9.17, 15) is 4.79 Å². The Kier molecular flexibility index (Phi) is 6.37. The lowest BCUT2D eigenvalue weighted by atomic mass is 10.2. The zero-order valence-electron chi connectivity index (χ0n) is 13.7. The van der Waals surface area contributed by atoms with Crippen LogP contribution in [0.3, 0.4) is 0 Å². The summed E-state index contributed by atoms with van der Waals surface area (Å²) in [4.78, 5) is 18.6. The van der Waals surface area contributed by atoms with Gasteiger partial charge in [-0.25, -0.2) is 4.98 Å². The van der Waals surface area contributed by atoms with E-state index in [-0.39, 0.29) is 12.0 Å². The van der Waals surface area contributed by atoms with Crippen molar-refractivity contribution in [1.29, 1.82) is 0 Å². The SMILES string of the molecule is Cc1nc(-c2cccs2)sc1C(=O)NCCCOCC1CCCO1. The summed E-state index contributed by atoms with van der Waals surface area (Å²) in [6.07, 6.45) is 3.28. The van der Waals surface area contributed by atoms with Crippen LogP contribution in [-0.2, 0) is 9.47 Å². The summed E-state index contributed by atoms with van der Waals surface area (Å²) >= 11 is 3.09. The lowest BCUT2D eigenvalue weighted by Gasteiger charge is -2.10. The van der Waals surface area contributed by atoms with Crippen molar-refractivity contribution in [2.45, 2.75) is 32.3 Å². The van der Waals surface area contributed by atoms with Crippen LogP contribution >= 0.6 is 22.7 Å². The van der Waals surface area contributed by atoms with Gasteiger partial charge in [0.25, 0.3) is 5.91 Å². The van der Waals surface area contributed by atoms with E-state index < -0.39 is 0 Å². The van der Waals surface area contributed by atoms with Crippen LogP contribution in [0, 0.1) is 6.92 Å². The smallest absolute Gasteiger partial charge is 0.263 e. The third kappa shape index (κ3) is 4.63. The summed E-state index contributed by atoms with van der Waals surface area (Å²) in [7, 11) is 0. The average molecular weight is 367 g/mol. The van der Waals surface area contributed by atoms with Crippen LogP contribution in [0.1, 0.15) is 34.6 Å². The van der Waals surface area contributed by atoms with Gasteiger partial charge in [-0.2, -0.15) is 0 Å². The number of hydrogen-bond acceptors (Lipinski definition) is 6. The quantitative estimate of drug-likeness (QED) is 0.727. The molecule has 0 aromatic carbocycles. The van der Waals surface area contributed by atoms with Gasteiger partial charge in [0.15, 0.2) is 0 Å². The minimum absolute atomic E-state index is 0.0491. The Bertz CT molecular complexity index is 649. The van der Waals surface area contributed by atoms with E-state index in [1.165, 1.54) is 11.3 Å². The number of thiazole rings is 1. The van der Waals surface area contributed by atoms with Crippen molar-refractivity contribution in [1.82, 2.24) is 10.3 Å². The zero-order chi connectivity index (χ0) is 16.8. The number of nitrogens with one attached hydrogen (secondary N) is 1. The van der Waals surface area contributed by atoms with Gasteiger partial charge < -0.3 is 14.8 Å². The standard InChI is InChI=1S/C17H22N2O3S2/c1-12-15(24-17(19-12)14-6-3-10-23-14)16(20)18-7-4-8-21-11-13-5-2-9-22-13/h3,6,10,13H,2,4-5,7-9,11H2,1H3,(H,18,20). The van der Waals surface area contributed by atoms with Crippen molar-refractivity contribution in [2.24, 2.45) is 0 Å². The largest absolute Gasteiger partial charge is 0.379 e. The molecule has 5 nitrogen and oxygen atoms in total. The summed E-state index contributed by atoms with van der Waals surface area (Å²) in [5, 5.41) is 5.88. The highest BCUT2D eigenvalue weighted by atomic mass is 32.1. The van der Waals surface area contributed by atoms with Crippen LogP contribution < -0.4 is 5.32 Å². The van der Waals surface area contributed by atoms with E-state index in [0.717, 1.165) is 41.4 Å². The highest BCUT2D eigenvalue weighted by Gasteiger charge is 2.17. The number of hydrogen-bond donors (Lipinski definition) is 1. The summed E-state index contributed by atoms with van der Waals surface area (Å²) in [5.41, 5.74) is 0.788. The van der Waals surface area contributed by atoms with E-state index in [0.29, 0.717) is 24.6 Å². The molecule has 1 aliphatic heterocycles. The van der Waals surface area contributed by atoms with Gasteiger partial charge in [0.1, 0.15) is 9.88 Å². The molecule has 1 saturated heterocycles. The molecule has 0 spiro atoms. The molecule has 2 aromatic rings. The third-order valence-electron chi connectivity index (χ3n) is 3.81. The average Bonchev–Trinajstić information content (AvgIpc) is 3.31. The van der Waals surface area contributed by atoms with Crippen LogP contribution in [0.15, 0.2) is 17.5 Å². The van der Waals surface area contributed by atoms with Crippen LogP contribution in [0.2, 0.25) is 0 Å². The normalized spacial score (nSPS) is 17.3. The number of ether oxygens (including phenoxy) is 2. The third-order valence-corrected chi connectivity index (χ3v) is 6.01. The molecule has 0 radical (unpaired) electrons. The Balaban J connectivity index is 1.39. The van der Waals surface area contributed by atoms with Gasteiger partial charge in [-0.1, -0.05) is 6.07 Å². The summed E-state index contributed by atoms with van der Waals surface area (Å²) in [6, 6.07) is 4.02. The van der Waals surface area contributed by atoms with Crippen LogP contribution in [0.25, 0.3) is 9.88 Å². The topological polar surface area (TPSA) is 60.5 Å².